The van der Waals surface area contributed by atoms with Crippen molar-refractivity contribution in [2.75, 3.05) is 36.8 Å². The number of thioether (sulfide) groups is 1. The van der Waals surface area contributed by atoms with Crippen LogP contribution in [0.25, 0.3) is 0 Å². The van der Waals surface area contributed by atoms with Crippen LogP contribution in [-0.4, -0.2) is 63.5 Å². The number of rotatable bonds is 6. The van der Waals surface area contributed by atoms with Crippen molar-refractivity contribution in [3.05, 3.63) is 24.2 Å². The lowest BCUT2D eigenvalue weighted by Gasteiger charge is -2.18. The summed E-state index contributed by atoms with van der Waals surface area (Å²) in [5, 5.41) is 11.9. The van der Waals surface area contributed by atoms with Crippen LogP contribution in [0, 0.1) is 0 Å². The highest BCUT2D eigenvalue weighted by Gasteiger charge is 2.27. The molecular formula is C16H20N6O3S. The van der Waals surface area contributed by atoms with Gasteiger partial charge in [0.15, 0.2) is 5.16 Å². The van der Waals surface area contributed by atoms with E-state index < -0.39 is 0 Å². The summed E-state index contributed by atoms with van der Waals surface area (Å²) in [6, 6.07) is 3.42. The van der Waals surface area contributed by atoms with Crippen LogP contribution in [0.2, 0.25) is 0 Å². The third kappa shape index (κ3) is 3.41. The molecule has 0 radical (unpaired) electrons. The van der Waals surface area contributed by atoms with Gasteiger partial charge in [-0.1, -0.05) is 11.8 Å². The van der Waals surface area contributed by atoms with Gasteiger partial charge in [-0.25, -0.2) is 4.79 Å². The van der Waals surface area contributed by atoms with Crippen LogP contribution in [0.1, 0.15) is 18.6 Å². The van der Waals surface area contributed by atoms with E-state index in [1.807, 2.05) is 16.7 Å². The number of aromatic nitrogens is 3. The minimum absolute atomic E-state index is 0.143. The Bertz CT molecular complexity index is 784. The number of amides is 3. The number of carbonyl (C=O) groups is 2. The van der Waals surface area contributed by atoms with Gasteiger partial charge in [-0.05, 0) is 25.0 Å². The Morgan fingerprint density at radius 2 is 2.12 bits per heavy atom. The number of hydrogen-bond donors (Lipinski definition) is 1. The van der Waals surface area contributed by atoms with Crippen molar-refractivity contribution in [2.45, 2.75) is 24.5 Å². The number of hydrogen-bond acceptors (Lipinski definition) is 7. The van der Waals surface area contributed by atoms with Crippen LogP contribution >= 0.6 is 11.8 Å². The Morgan fingerprint density at radius 3 is 2.81 bits per heavy atom. The Labute approximate surface area is 154 Å². The Hall–Kier alpha value is -2.49. The highest BCUT2D eigenvalue weighted by atomic mass is 32.2. The molecule has 1 N–H and O–H groups in total. The summed E-state index contributed by atoms with van der Waals surface area (Å²) >= 11 is 1.30. The van der Waals surface area contributed by atoms with Crippen LogP contribution < -0.4 is 10.2 Å². The first-order valence-corrected chi connectivity index (χ1v) is 9.62. The maximum Gasteiger partial charge on any atom is 0.324 e. The molecule has 0 atom stereocenters. The van der Waals surface area contributed by atoms with Crippen molar-refractivity contribution < 1.29 is 14.0 Å². The van der Waals surface area contributed by atoms with Crippen LogP contribution in [0.5, 0.6) is 0 Å². The summed E-state index contributed by atoms with van der Waals surface area (Å²) in [7, 11) is 0. The molecule has 2 aliphatic rings. The van der Waals surface area contributed by atoms with Gasteiger partial charge in [-0.2, -0.15) is 0 Å². The lowest BCUT2D eigenvalue weighted by atomic mass is 10.4. The Balaban J connectivity index is 1.51. The number of urea groups is 1. The molecule has 0 aromatic carbocycles. The fourth-order valence-corrected chi connectivity index (χ4v) is 3.96. The average molecular weight is 376 g/mol. The van der Waals surface area contributed by atoms with Gasteiger partial charge >= 0.3 is 6.03 Å². The lowest BCUT2D eigenvalue weighted by molar-refractivity contribution is -0.124. The summed E-state index contributed by atoms with van der Waals surface area (Å²) in [5.41, 5.74) is 0. The molecule has 4 rings (SSSR count). The van der Waals surface area contributed by atoms with E-state index in [9.17, 15) is 9.59 Å². The molecule has 3 amide bonds. The van der Waals surface area contributed by atoms with E-state index in [1.54, 1.807) is 6.26 Å². The molecular weight excluding hydrogens is 356 g/mol. The smallest absolute Gasteiger partial charge is 0.324 e. The summed E-state index contributed by atoms with van der Waals surface area (Å²) in [6.45, 7) is 3.33. The summed E-state index contributed by atoms with van der Waals surface area (Å²) < 4.78 is 7.45. The number of nitrogens with one attached hydrogen (secondary N) is 1. The second-order valence-electron chi connectivity index (χ2n) is 6.21. The molecule has 4 heterocycles. The van der Waals surface area contributed by atoms with Gasteiger partial charge in [-0.3, -0.25) is 14.3 Å². The van der Waals surface area contributed by atoms with Gasteiger partial charge in [0.1, 0.15) is 5.76 Å². The van der Waals surface area contributed by atoms with Gasteiger partial charge in [0.2, 0.25) is 11.9 Å². The summed E-state index contributed by atoms with van der Waals surface area (Å²) in [6.07, 6.45) is 3.91. The van der Waals surface area contributed by atoms with Gasteiger partial charge in [-0.15, -0.1) is 10.2 Å². The van der Waals surface area contributed by atoms with Crippen molar-refractivity contribution >= 4 is 29.6 Å². The maximum absolute atomic E-state index is 12.3. The predicted octanol–water partition coefficient (Wildman–Crippen LogP) is 1.16. The molecule has 2 fully saturated rings. The molecule has 10 heteroatoms. The third-order valence-electron chi connectivity index (χ3n) is 4.46. The van der Waals surface area contributed by atoms with Crippen molar-refractivity contribution in [3.8, 4) is 0 Å². The van der Waals surface area contributed by atoms with E-state index in [0.29, 0.717) is 24.8 Å². The molecule has 0 bridgehead atoms. The first kappa shape index (κ1) is 17.0. The highest BCUT2D eigenvalue weighted by Crippen LogP contribution is 2.26. The van der Waals surface area contributed by atoms with Gasteiger partial charge < -0.3 is 14.6 Å². The van der Waals surface area contributed by atoms with Crippen LogP contribution in [0.3, 0.4) is 0 Å². The molecule has 138 valence electrons. The quantitative estimate of drug-likeness (QED) is 0.756. The molecule has 2 aromatic heterocycles. The van der Waals surface area contributed by atoms with Crippen LogP contribution in [-0.2, 0) is 11.3 Å². The molecule has 26 heavy (non-hydrogen) atoms. The number of nitrogens with zero attached hydrogens (tertiary/aromatic N) is 5. The minimum Gasteiger partial charge on any atom is -0.467 e. The second-order valence-corrected chi connectivity index (χ2v) is 7.15. The highest BCUT2D eigenvalue weighted by molar-refractivity contribution is 7.99. The van der Waals surface area contributed by atoms with Gasteiger partial charge in [0.25, 0.3) is 0 Å². The Kier molecular flexibility index (Phi) is 4.83. The number of carbonyl (C=O) groups excluding carboxylic acids is 2. The van der Waals surface area contributed by atoms with E-state index in [4.69, 9.17) is 4.42 Å². The SMILES string of the molecule is O=C(CSc1nnc(N2CCCC2)n1Cc1ccco1)N1CCNC1=O. The Morgan fingerprint density at radius 1 is 1.27 bits per heavy atom. The molecule has 0 spiro atoms. The molecule has 2 aliphatic heterocycles. The number of anilines is 1. The molecule has 2 saturated heterocycles. The topological polar surface area (TPSA) is 96.5 Å². The first-order chi connectivity index (χ1) is 12.7. The summed E-state index contributed by atoms with van der Waals surface area (Å²) in [4.78, 5) is 27.3. The normalized spacial score (nSPS) is 17.2. The zero-order valence-electron chi connectivity index (χ0n) is 14.3. The van der Waals surface area contributed by atoms with Crippen molar-refractivity contribution in [1.29, 1.82) is 0 Å². The molecule has 9 nitrogen and oxygen atoms in total. The zero-order chi connectivity index (χ0) is 17.9. The predicted molar refractivity (Wildman–Crippen MR) is 95.1 cm³/mol. The van der Waals surface area contributed by atoms with Gasteiger partial charge in [0.05, 0.1) is 18.6 Å². The van der Waals surface area contributed by atoms with E-state index in [2.05, 4.69) is 20.4 Å². The fraction of sp³-hybridized carbons (Fsp3) is 0.500. The number of furan rings is 1. The van der Waals surface area contributed by atoms with Crippen molar-refractivity contribution in [3.63, 3.8) is 0 Å². The molecule has 0 unspecified atom stereocenters. The lowest BCUT2D eigenvalue weighted by Crippen LogP contribution is -2.35. The summed E-state index contributed by atoms with van der Waals surface area (Å²) in [5.74, 6) is 1.52. The van der Waals surface area contributed by atoms with E-state index in [-0.39, 0.29) is 17.7 Å². The zero-order valence-corrected chi connectivity index (χ0v) is 15.1. The molecule has 0 aliphatic carbocycles. The maximum atomic E-state index is 12.3. The number of imide groups is 1. The fourth-order valence-electron chi connectivity index (χ4n) is 3.15. The van der Waals surface area contributed by atoms with Crippen LogP contribution in [0.4, 0.5) is 10.7 Å². The van der Waals surface area contributed by atoms with Crippen molar-refractivity contribution in [1.82, 2.24) is 25.0 Å². The minimum atomic E-state index is -0.328. The average Bonchev–Trinajstić information content (AvgIpc) is 3.41. The van der Waals surface area contributed by atoms with E-state index >= 15 is 0 Å². The van der Waals surface area contributed by atoms with E-state index in [1.165, 1.54) is 16.7 Å². The largest absolute Gasteiger partial charge is 0.467 e. The first-order valence-electron chi connectivity index (χ1n) is 8.64. The second kappa shape index (κ2) is 7.40. The third-order valence-corrected chi connectivity index (χ3v) is 5.41. The van der Waals surface area contributed by atoms with Gasteiger partial charge in [0, 0.05) is 26.2 Å². The van der Waals surface area contributed by atoms with Crippen LogP contribution in [0.15, 0.2) is 28.0 Å². The standard InChI is InChI=1S/C16H20N6O3S/c23-13(21-8-5-17-15(21)24)11-26-16-19-18-14(20-6-1-2-7-20)22(16)10-12-4-3-9-25-12/h3-4,9H,1-2,5-8,10-11H2,(H,17,24). The molecule has 0 saturated carbocycles. The monoisotopic (exact) mass is 376 g/mol. The van der Waals surface area contributed by atoms with E-state index in [0.717, 1.165) is 37.6 Å². The molecule has 2 aromatic rings. The van der Waals surface area contributed by atoms with Crippen molar-refractivity contribution in [2.24, 2.45) is 0 Å².